The van der Waals surface area contributed by atoms with Gasteiger partial charge in [-0.2, -0.15) is 5.10 Å². The quantitative estimate of drug-likeness (QED) is 0.888. The summed E-state index contributed by atoms with van der Waals surface area (Å²) in [6.45, 7) is 7.36. The Bertz CT molecular complexity index is 665. The number of nitrogens with zero attached hydrogens (tertiary/aromatic N) is 3. The average Bonchev–Trinajstić information content (AvgIpc) is 3.04. The Morgan fingerprint density at radius 3 is 2.83 bits per heavy atom. The molecule has 3 rings (SSSR count). The van der Waals surface area contributed by atoms with Crippen molar-refractivity contribution in [1.82, 2.24) is 20.0 Å². The molecule has 1 amide bonds. The molecular formula is C19H26N4O. The normalized spacial score (nSPS) is 17.7. The second kappa shape index (κ2) is 7.62. The topological polar surface area (TPSA) is 50.2 Å². The Kier molecular flexibility index (Phi) is 5.30. The fourth-order valence-corrected chi connectivity index (χ4v) is 3.21. The van der Waals surface area contributed by atoms with Crippen molar-refractivity contribution < 1.29 is 4.79 Å². The number of benzene rings is 1. The van der Waals surface area contributed by atoms with E-state index in [0.717, 1.165) is 26.1 Å². The summed E-state index contributed by atoms with van der Waals surface area (Å²) in [6.07, 6.45) is 2.78. The smallest absolute Gasteiger partial charge is 0.222 e. The fraction of sp³-hybridized carbons (Fsp3) is 0.474. The number of hydrogen-bond acceptors (Lipinski definition) is 3. The molecule has 1 N–H and O–H groups in total. The van der Waals surface area contributed by atoms with Crippen LogP contribution in [0.2, 0.25) is 0 Å². The summed E-state index contributed by atoms with van der Waals surface area (Å²) in [5, 5.41) is 7.51. The van der Waals surface area contributed by atoms with E-state index in [0.29, 0.717) is 12.6 Å². The molecule has 2 heterocycles. The van der Waals surface area contributed by atoms with Gasteiger partial charge in [0.25, 0.3) is 0 Å². The van der Waals surface area contributed by atoms with Crippen LogP contribution in [0, 0.1) is 5.92 Å². The summed E-state index contributed by atoms with van der Waals surface area (Å²) in [4.78, 5) is 14.2. The van der Waals surface area contributed by atoms with Crippen molar-refractivity contribution in [2.75, 3.05) is 13.1 Å². The first-order valence-corrected chi connectivity index (χ1v) is 8.70. The molecule has 1 aromatic heterocycles. The van der Waals surface area contributed by atoms with Gasteiger partial charge >= 0.3 is 0 Å². The van der Waals surface area contributed by atoms with E-state index in [2.05, 4.69) is 56.4 Å². The number of amides is 1. The van der Waals surface area contributed by atoms with Crippen molar-refractivity contribution in [1.29, 1.82) is 0 Å². The van der Waals surface area contributed by atoms with Gasteiger partial charge in [0.15, 0.2) is 0 Å². The second-order valence-electron chi connectivity index (χ2n) is 6.81. The molecule has 5 nitrogen and oxygen atoms in total. The van der Waals surface area contributed by atoms with Gasteiger partial charge in [-0.25, -0.2) is 0 Å². The molecule has 0 spiro atoms. The maximum Gasteiger partial charge on any atom is 0.222 e. The average molecular weight is 326 g/mol. The maximum atomic E-state index is 11.7. The molecule has 0 bridgehead atoms. The van der Waals surface area contributed by atoms with Crippen molar-refractivity contribution in [3.8, 4) is 0 Å². The van der Waals surface area contributed by atoms with Crippen LogP contribution < -0.4 is 5.32 Å². The highest BCUT2D eigenvalue weighted by Crippen LogP contribution is 2.24. The van der Waals surface area contributed by atoms with Gasteiger partial charge in [-0.15, -0.1) is 0 Å². The van der Waals surface area contributed by atoms with Crippen molar-refractivity contribution in [3.05, 3.63) is 53.9 Å². The van der Waals surface area contributed by atoms with E-state index in [1.54, 1.807) is 0 Å². The third-order valence-corrected chi connectivity index (χ3v) is 4.50. The number of fused-ring (bicyclic) bond motifs is 1. The zero-order valence-electron chi connectivity index (χ0n) is 14.5. The van der Waals surface area contributed by atoms with E-state index < -0.39 is 0 Å². The molecule has 2 aromatic rings. The van der Waals surface area contributed by atoms with Crippen LogP contribution >= 0.6 is 0 Å². The van der Waals surface area contributed by atoms with Crippen LogP contribution in [-0.2, 0) is 17.9 Å². The van der Waals surface area contributed by atoms with E-state index in [1.165, 1.54) is 11.3 Å². The lowest BCUT2D eigenvalue weighted by Gasteiger charge is -2.34. The molecule has 0 fully saturated rings. The molecule has 5 heteroatoms. The highest BCUT2D eigenvalue weighted by Gasteiger charge is 2.25. The predicted molar refractivity (Wildman–Crippen MR) is 94.3 cm³/mol. The SMILES string of the molecule is CC(C)C(=O)NCC[C@@H]1CN(Cc2ccccc2)Cc2ccnn21. The highest BCUT2D eigenvalue weighted by molar-refractivity contribution is 5.77. The minimum Gasteiger partial charge on any atom is -0.356 e. The van der Waals surface area contributed by atoms with Crippen LogP contribution in [0.3, 0.4) is 0 Å². The van der Waals surface area contributed by atoms with Crippen LogP contribution in [0.1, 0.15) is 37.6 Å². The van der Waals surface area contributed by atoms with Crippen LogP contribution in [0.15, 0.2) is 42.6 Å². The molecule has 24 heavy (non-hydrogen) atoms. The number of carbonyl (C=O) groups is 1. The summed E-state index contributed by atoms with van der Waals surface area (Å²) >= 11 is 0. The van der Waals surface area contributed by atoms with Crippen LogP contribution in [0.5, 0.6) is 0 Å². The number of aromatic nitrogens is 2. The molecular weight excluding hydrogens is 300 g/mol. The summed E-state index contributed by atoms with van der Waals surface area (Å²) in [5.74, 6) is 0.152. The van der Waals surface area contributed by atoms with Crippen molar-refractivity contribution in [2.45, 2.75) is 39.4 Å². The molecule has 0 aliphatic carbocycles. The highest BCUT2D eigenvalue weighted by atomic mass is 16.1. The first-order chi connectivity index (χ1) is 11.6. The van der Waals surface area contributed by atoms with Gasteiger partial charge in [0, 0.05) is 38.3 Å². The summed E-state index contributed by atoms with van der Waals surface area (Å²) in [5.41, 5.74) is 2.58. The van der Waals surface area contributed by atoms with E-state index >= 15 is 0 Å². The van der Waals surface area contributed by atoms with Gasteiger partial charge in [0.05, 0.1) is 11.7 Å². The molecule has 1 atom stereocenters. The van der Waals surface area contributed by atoms with Crippen molar-refractivity contribution in [2.24, 2.45) is 5.92 Å². The predicted octanol–water partition coefficient (Wildman–Crippen LogP) is 2.60. The molecule has 1 aliphatic rings. The van der Waals surface area contributed by atoms with Gasteiger partial charge in [-0.1, -0.05) is 44.2 Å². The van der Waals surface area contributed by atoms with Crippen LogP contribution in [-0.4, -0.2) is 33.7 Å². The third kappa shape index (κ3) is 4.03. The van der Waals surface area contributed by atoms with Crippen LogP contribution in [0.4, 0.5) is 0 Å². The Labute approximate surface area is 143 Å². The zero-order valence-corrected chi connectivity index (χ0v) is 14.5. The summed E-state index contributed by atoms with van der Waals surface area (Å²) in [6, 6.07) is 13.0. The molecule has 128 valence electrons. The van der Waals surface area contributed by atoms with Crippen molar-refractivity contribution >= 4 is 5.91 Å². The lowest BCUT2D eigenvalue weighted by atomic mass is 10.1. The van der Waals surface area contributed by atoms with E-state index in [4.69, 9.17) is 0 Å². The second-order valence-corrected chi connectivity index (χ2v) is 6.81. The number of rotatable bonds is 6. The standard InChI is InChI=1S/C19H26N4O/c1-15(2)19(24)20-10-8-17-13-22(12-16-6-4-3-5-7-16)14-18-9-11-21-23(17)18/h3-7,9,11,15,17H,8,10,12-14H2,1-2H3,(H,20,24)/t17-/m1/s1. The van der Waals surface area contributed by atoms with Crippen molar-refractivity contribution in [3.63, 3.8) is 0 Å². The lowest BCUT2D eigenvalue weighted by Crippen LogP contribution is -2.39. The van der Waals surface area contributed by atoms with Gasteiger partial charge < -0.3 is 5.32 Å². The first kappa shape index (κ1) is 16.7. The summed E-state index contributed by atoms with van der Waals surface area (Å²) < 4.78 is 2.13. The largest absolute Gasteiger partial charge is 0.356 e. The van der Waals surface area contributed by atoms with Gasteiger partial charge in [0.2, 0.25) is 5.91 Å². The Balaban J connectivity index is 1.62. The maximum absolute atomic E-state index is 11.7. The van der Waals surface area contributed by atoms with Gasteiger partial charge in [-0.05, 0) is 18.1 Å². The molecule has 0 saturated heterocycles. The van der Waals surface area contributed by atoms with E-state index in [1.807, 2.05) is 20.0 Å². The molecule has 0 saturated carbocycles. The Hall–Kier alpha value is -2.14. The number of carbonyl (C=O) groups excluding carboxylic acids is 1. The van der Waals surface area contributed by atoms with E-state index in [9.17, 15) is 4.79 Å². The Morgan fingerprint density at radius 1 is 1.29 bits per heavy atom. The lowest BCUT2D eigenvalue weighted by molar-refractivity contribution is -0.124. The van der Waals surface area contributed by atoms with E-state index in [-0.39, 0.29) is 11.8 Å². The Morgan fingerprint density at radius 2 is 2.08 bits per heavy atom. The number of nitrogens with one attached hydrogen (secondary N) is 1. The van der Waals surface area contributed by atoms with Crippen LogP contribution in [0.25, 0.3) is 0 Å². The summed E-state index contributed by atoms with van der Waals surface area (Å²) in [7, 11) is 0. The van der Waals surface area contributed by atoms with Gasteiger partial charge in [-0.3, -0.25) is 14.4 Å². The molecule has 0 radical (unpaired) electrons. The first-order valence-electron chi connectivity index (χ1n) is 8.70. The molecule has 0 unspecified atom stereocenters. The fourth-order valence-electron chi connectivity index (χ4n) is 3.21. The van der Waals surface area contributed by atoms with Gasteiger partial charge in [0.1, 0.15) is 0 Å². The monoisotopic (exact) mass is 326 g/mol. The molecule has 1 aliphatic heterocycles. The minimum absolute atomic E-state index is 0.0335. The third-order valence-electron chi connectivity index (χ3n) is 4.50. The minimum atomic E-state index is 0.0335. The zero-order chi connectivity index (χ0) is 16.9. The molecule has 1 aromatic carbocycles. The number of hydrogen-bond donors (Lipinski definition) is 1.